The highest BCUT2D eigenvalue weighted by molar-refractivity contribution is 5.94. The fraction of sp³-hybridized carbons (Fsp3) is 0.333. The van der Waals surface area contributed by atoms with Crippen molar-refractivity contribution < 1.29 is 24.9 Å². The molecule has 1 aromatic carbocycles. The SMILES string of the molecule is CC(O)(CNC(=O)c1cccc(O)c1)CC(=O)O. The molecule has 0 aliphatic heterocycles. The number of phenols is 1. The molecule has 0 aliphatic carbocycles. The van der Waals surface area contributed by atoms with E-state index in [4.69, 9.17) is 5.11 Å². The van der Waals surface area contributed by atoms with Crippen LogP contribution in [-0.4, -0.2) is 39.3 Å². The summed E-state index contributed by atoms with van der Waals surface area (Å²) in [4.78, 5) is 22.1. The van der Waals surface area contributed by atoms with Crippen LogP contribution >= 0.6 is 0 Å². The molecule has 0 spiro atoms. The van der Waals surface area contributed by atoms with E-state index in [1.165, 1.54) is 31.2 Å². The number of aromatic hydroxyl groups is 1. The summed E-state index contributed by atoms with van der Waals surface area (Å²) in [5.74, 6) is -1.68. The van der Waals surface area contributed by atoms with Crippen LogP contribution in [0.2, 0.25) is 0 Å². The quantitative estimate of drug-likeness (QED) is 0.605. The summed E-state index contributed by atoms with van der Waals surface area (Å²) < 4.78 is 0. The lowest BCUT2D eigenvalue weighted by molar-refractivity contribution is -0.141. The van der Waals surface area contributed by atoms with E-state index >= 15 is 0 Å². The highest BCUT2D eigenvalue weighted by atomic mass is 16.4. The lowest BCUT2D eigenvalue weighted by atomic mass is 10.0. The molecule has 0 saturated heterocycles. The molecule has 6 nitrogen and oxygen atoms in total. The Labute approximate surface area is 104 Å². The molecule has 1 atom stereocenters. The molecule has 6 heteroatoms. The molecule has 0 aliphatic rings. The van der Waals surface area contributed by atoms with Crippen molar-refractivity contribution >= 4 is 11.9 Å². The van der Waals surface area contributed by atoms with Crippen molar-refractivity contribution in [2.75, 3.05) is 6.54 Å². The Hall–Kier alpha value is -2.08. The Balaban J connectivity index is 2.58. The average molecular weight is 253 g/mol. The second-order valence-electron chi connectivity index (χ2n) is 4.30. The smallest absolute Gasteiger partial charge is 0.306 e. The van der Waals surface area contributed by atoms with Gasteiger partial charge in [0, 0.05) is 12.1 Å². The van der Waals surface area contributed by atoms with Crippen molar-refractivity contribution in [1.29, 1.82) is 0 Å². The Bertz CT molecular complexity index is 456. The minimum absolute atomic E-state index is 0.0417. The number of nitrogens with one attached hydrogen (secondary N) is 1. The zero-order valence-corrected chi connectivity index (χ0v) is 9.88. The Morgan fingerprint density at radius 2 is 2.06 bits per heavy atom. The van der Waals surface area contributed by atoms with Crippen LogP contribution in [0.1, 0.15) is 23.7 Å². The van der Waals surface area contributed by atoms with Gasteiger partial charge in [-0.2, -0.15) is 0 Å². The van der Waals surface area contributed by atoms with E-state index in [1.807, 2.05) is 0 Å². The van der Waals surface area contributed by atoms with Gasteiger partial charge in [-0.05, 0) is 25.1 Å². The maximum atomic E-state index is 11.6. The summed E-state index contributed by atoms with van der Waals surface area (Å²) in [5, 5.41) is 29.9. The van der Waals surface area contributed by atoms with Gasteiger partial charge in [0.15, 0.2) is 0 Å². The first-order valence-electron chi connectivity index (χ1n) is 5.31. The molecule has 0 aromatic heterocycles. The second kappa shape index (κ2) is 5.50. The molecule has 1 rings (SSSR count). The number of carbonyl (C=O) groups is 2. The number of benzene rings is 1. The maximum Gasteiger partial charge on any atom is 0.306 e. The fourth-order valence-electron chi connectivity index (χ4n) is 1.41. The molecule has 1 unspecified atom stereocenters. The monoisotopic (exact) mass is 253 g/mol. The topological polar surface area (TPSA) is 107 Å². The third-order valence-electron chi connectivity index (χ3n) is 2.27. The number of carbonyl (C=O) groups excluding carboxylic acids is 1. The molecule has 0 radical (unpaired) electrons. The number of rotatable bonds is 5. The third kappa shape index (κ3) is 4.42. The summed E-state index contributed by atoms with van der Waals surface area (Å²) >= 11 is 0. The number of carboxylic acid groups (broad SMARTS) is 1. The van der Waals surface area contributed by atoms with Gasteiger partial charge in [-0.25, -0.2) is 0 Å². The standard InChI is InChI=1S/C12H15NO5/c1-12(18,6-10(15)16)7-13-11(17)8-3-2-4-9(14)5-8/h2-5,14,18H,6-7H2,1H3,(H,13,17)(H,15,16). The number of aliphatic hydroxyl groups is 1. The van der Waals surface area contributed by atoms with Gasteiger partial charge in [-0.3, -0.25) is 9.59 Å². The van der Waals surface area contributed by atoms with Gasteiger partial charge < -0.3 is 20.6 Å². The highest BCUT2D eigenvalue weighted by Crippen LogP contribution is 2.12. The first-order chi connectivity index (χ1) is 8.30. The minimum Gasteiger partial charge on any atom is -0.508 e. The number of aliphatic carboxylic acids is 1. The lowest BCUT2D eigenvalue weighted by Crippen LogP contribution is -2.42. The minimum atomic E-state index is -1.52. The van der Waals surface area contributed by atoms with Gasteiger partial charge in [-0.1, -0.05) is 6.07 Å². The maximum absolute atomic E-state index is 11.6. The van der Waals surface area contributed by atoms with Crippen LogP contribution in [0.4, 0.5) is 0 Å². The highest BCUT2D eigenvalue weighted by Gasteiger charge is 2.25. The molecule has 0 fully saturated rings. The molecule has 4 N–H and O–H groups in total. The first-order valence-corrected chi connectivity index (χ1v) is 5.31. The first kappa shape index (κ1) is 14.0. The normalized spacial score (nSPS) is 13.7. The third-order valence-corrected chi connectivity index (χ3v) is 2.27. The molecule has 98 valence electrons. The van der Waals surface area contributed by atoms with E-state index in [0.717, 1.165) is 0 Å². The Kier molecular flexibility index (Phi) is 4.28. The summed E-state index contributed by atoms with van der Waals surface area (Å²) in [5.41, 5.74) is -1.28. The number of hydrogen-bond donors (Lipinski definition) is 4. The van der Waals surface area contributed by atoms with Gasteiger partial charge in [0.2, 0.25) is 0 Å². The van der Waals surface area contributed by atoms with E-state index in [9.17, 15) is 19.8 Å². The van der Waals surface area contributed by atoms with Gasteiger partial charge in [0.25, 0.3) is 5.91 Å². The van der Waals surface area contributed by atoms with Crippen LogP contribution in [-0.2, 0) is 4.79 Å². The molecular weight excluding hydrogens is 238 g/mol. The lowest BCUT2D eigenvalue weighted by Gasteiger charge is -2.21. The van der Waals surface area contributed by atoms with Crippen molar-refractivity contribution in [1.82, 2.24) is 5.32 Å². The number of amides is 1. The van der Waals surface area contributed by atoms with Crippen LogP contribution in [0.15, 0.2) is 24.3 Å². The Morgan fingerprint density at radius 1 is 1.39 bits per heavy atom. The average Bonchev–Trinajstić information content (AvgIpc) is 2.24. The molecule has 0 saturated carbocycles. The van der Waals surface area contributed by atoms with Gasteiger partial charge in [0.05, 0.1) is 12.0 Å². The van der Waals surface area contributed by atoms with Crippen molar-refractivity contribution in [2.24, 2.45) is 0 Å². The van der Waals surface area contributed by atoms with Crippen LogP contribution in [0, 0.1) is 0 Å². The van der Waals surface area contributed by atoms with Crippen LogP contribution in [0.3, 0.4) is 0 Å². The van der Waals surface area contributed by atoms with Gasteiger partial charge in [-0.15, -0.1) is 0 Å². The second-order valence-corrected chi connectivity index (χ2v) is 4.30. The van der Waals surface area contributed by atoms with Gasteiger partial charge in [0.1, 0.15) is 5.75 Å². The van der Waals surface area contributed by atoms with E-state index in [0.29, 0.717) is 0 Å². The molecule has 1 amide bonds. The number of carboxylic acids is 1. The van der Waals surface area contributed by atoms with Crippen LogP contribution < -0.4 is 5.32 Å². The summed E-state index contributed by atoms with van der Waals surface area (Å²) in [6, 6.07) is 5.72. The molecular formula is C12H15NO5. The molecule has 18 heavy (non-hydrogen) atoms. The van der Waals surface area contributed by atoms with E-state index in [1.54, 1.807) is 0 Å². The zero-order chi connectivity index (χ0) is 13.8. The predicted molar refractivity (Wildman–Crippen MR) is 63.3 cm³/mol. The van der Waals surface area contributed by atoms with Crippen LogP contribution in [0.5, 0.6) is 5.75 Å². The molecule has 0 heterocycles. The number of hydrogen-bond acceptors (Lipinski definition) is 4. The van der Waals surface area contributed by atoms with Crippen molar-refractivity contribution in [2.45, 2.75) is 18.9 Å². The summed E-state index contributed by atoms with van der Waals surface area (Å²) in [6.07, 6.45) is -0.465. The predicted octanol–water partition coefficient (Wildman–Crippen LogP) is 0.348. The fourth-order valence-corrected chi connectivity index (χ4v) is 1.41. The van der Waals surface area contributed by atoms with Crippen molar-refractivity contribution in [3.63, 3.8) is 0 Å². The summed E-state index contributed by atoms with van der Waals surface area (Å²) in [6.45, 7) is 1.14. The number of phenolic OH excluding ortho intramolecular Hbond substituents is 1. The molecule has 1 aromatic rings. The largest absolute Gasteiger partial charge is 0.508 e. The van der Waals surface area contributed by atoms with E-state index < -0.39 is 23.9 Å². The summed E-state index contributed by atoms with van der Waals surface area (Å²) in [7, 11) is 0. The zero-order valence-electron chi connectivity index (χ0n) is 9.88. The Morgan fingerprint density at radius 3 is 2.61 bits per heavy atom. The van der Waals surface area contributed by atoms with E-state index in [2.05, 4.69) is 5.32 Å². The van der Waals surface area contributed by atoms with E-state index in [-0.39, 0.29) is 17.9 Å². The van der Waals surface area contributed by atoms with Crippen molar-refractivity contribution in [3.05, 3.63) is 29.8 Å². The molecule has 0 bridgehead atoms. The van der Waals surface area contributed by atoms with Crippen LogP contribution in [0.25, 0.3) is 0 Å². The van der Waals surface area contributed by atoms with Crippen molar-refractivity contribution in [3.8, 4) is 5.75 Å². The van der Waals surface area contributed by atoms with Gasteiger partial charge >= 0.3 is 5.97 Å².